The van der Waals surface area contributed by atoms with Crippen LogP contribution in [0.1, 0.15) is 200 Å². The molecule has 0 atom stereocenters. The fraction of sp³-hybridized carbons (Fsp3) is 0.775. The first-order valence-electron chi connectivity index (χ1n) is 18.4. The van der Waals surface area contributed by atoms with Crippen LogP contribution in [0.25, 0.3) is 0 Å². The van der Waals surface area contributed by atoms with Gasteiger partial charge in [-0.05, 0) is 57.8 Å². The molecule has 0 aromatic rings. The third-order valence-electron chi connectivity index (χ3n) is 8.09. The lowest BCUT2D eigenvalue weighted by molar-refractivity contribution is -0.119. The van der Waals surface area contributed by atoms with E-state index in [2.05, 4.69) is 62.5 Å². The Bertz CT molecular complexity index is 623. The third-order valence-corrected chi connectivity index (χ3v) is 8.09. The zero-order chi connectivity index (χ0) is 29.7. The van der Waals surface area contributed by atoms with Crippen LogP contribution < -0.4 is 0 Å². The molecule has 0 aromatic carbocycles. The summed E-state index contributed by atoms with van der Waals surface area (Å²) in [5.41, 5.74) is 0. The second-order valence-corrected chi connectivity index (χ2v) is 12.3. The average molecular weight is 569 g/mol. The molecule has 0 saturated carbocycles. The lowest BCUT2D eigenvalue weighted by Crippen LogP contribution is -1.97. The Labute approximate surface area is 258 Å². The highest BCUT2D eigenvalue weighted by atomic mass is 16.1. The topological polar surface area (TPSA) is 17.1 Å². The summed E-state index contributed by atoms with van der Waals surface area (Å²) in [5, 5.41) is 0. The van der Waals surface area contributed by atoms with Gasteiger partial charge in [0.2, 0.25) is 0 Å². The number of ketones is 1. The van der Waals surface area contributed by atoms with E-state index < -0.39 is 0 Å². The highest BCUT2D eigenvalue weighted by Gasteiger charge is 2.01. The second-order valence-electron chi connectivity index (χ2n) is 12.3. The van der Waals surface area contributed by atoms with Gasteiger partial charge in [0, 0.05) is 12.8 Å². The van der Waals surface area contributed by atoms with Gasteiger partial charge in [0.1, 0.15) is 5.78 Å². The molecule has 0 unspecified atom stereocenters. The predicted molar refractivity (Wildman–Crippen MR) is 187 cm³/mol. The van der Waals surface area contributed by atoms with Crippen molar-refractivity contribution in [1.82, 2.24) is 0 Å². The van der Waals surface area contributed by atoms with Gasteiger partial charge in [0.05, 0.1) is 0 Å². The van der Waals surface area contributed by atoms with E-state index in [1.54, 1.807) is 0 Å². The van der Waals surface area contributed by atoms with E-state index in [1.165, 1.54) is 128 Å². The predicted octanol–water partition coefficient (Wildman–Crippen LogP) is 14.1. The van der Waals surface area contributed by atoms with Gasteiger partial charge in [-0.25, -0.2) is 0 Å². The zero-order valence-corrected chi connectivity index (χ0v) is 28.0. The minimum Gasteiger partial charge on any atom is -0.300 e. The van der Waals surface area contributed by atoms with Gasteiger partial charge >= 0.3 is 0 Å². The molecule has 1 nitrogen and oxygen atoms in total. The molecule has 0 aliphatic carbocycles. The van der Waals surface area contributed by atoms with Gasteiger partial charge in [0.25, 0.3) is 0 Å². The molecule has 0 radical (unpaired) electrons. The van der Waals surface area contributed by atoms with E-state index in [9.17, 15) is 4.79 Å². The Balaban J connectivity index is 3.32. The SMILES string of the molecule is CCCCC/C=C\C/C=C\C/C=C\C/C=C\CCCCC(=O)CCCCCCCCCCCCCCCCCCC. The number of hydrogen-bond acceptors (Lipinski definition) is 1. The van der Waals surface area contributed by atoms with Crippen LogP contribution in [-0.2, 0) is 4.79 Å². The molecule has 0 aliphatic heterocycles. The van der Waals surface area contributed by atoms with Crippen molar-refractivity contribution in [2.45, 2.75) is 200 Å². The van der Waals surface area contributed by atoms with E-state index in [0.29, 0.717) is 5.78 Å². The average Bonchev–Trinajstić information content (AvgIpc) is 2.98. The first kappa shape index (κ1) is 39.6. The molecule has 0 N–H and O–H groups in total. The number of Topliss-reactive ketones (excluding diaryl/α,β-unsaturated/α-hetero) is 1. The smallest absolute Gasteiger partial charge is 0.132 e. The largest absolute Gasteiger partial charge is 0.300 e. The fourth-order valence-corrected chi connectivity index (χ4v) is 5.32. The minimum atomic E-state index is 0.484. The number of hydrogen-bond donors (Lipinski definition) is 0. The van der Waals surface area contributed by atoms with E-state index >= 15 is 0 Å². The van der Waals surface area contributed by atoms with Crippen LogP contribution >= 0.6 is 0 Å². The third kappa shape index (κ3) is 36.6. The molecule has 0 bridgehead atoms. The van der Waals surface area contributed by atoms with Crippen molar-refractivity contribution < 1.29 is 4.79 Å². The molecule has 0 spiro atoms. The Hall–Kier alpha value is -1.37. The summed E-state index contributed by atoms with van der Waals surface area (Å²) in [6, 6.07) is 0. The van der Waals surface area contributed by atoms with Gasteiger partial charge in [-0.15, -0.1) is 0 Å². The molecule has 0 aliphatic rings. The standard InChI is InChI=1S/C40H72O/c1-3-5-7-9-11-13-15-17-19-21-23-25-27-29-31-33-35-37-39-40(41)38-36-34-32-30-28-26-24-22-20-18-16-14-12-10-8-6-4-2/h11,13,17,19,23,25,29,31H,3-10,12,14-16,18,20-22,24,26-28,30,32-39H2,1-2H3/b13-11-,19-17-,25-23-,31-29-. The van der Waals surface area contributed by atoms with Gasteiger partial charge in [-0.1, -0.05) is 178 Å². The van der Waals surface area contributed by atoms with Gasteiger partial charge in [-0.3, -0.25) is 4.79 Å². The number of unbranched alkanes of at least 4 members (excludes halogenated alkanes) is 21. The lowest BCUT2D eigenvalue weighted by atomic mass is 10.0. The van der Waals surface area contributed by atoms with Crippen LogP contribution in [0, 0.1) is 0 Å². The molecule has 0 rings (SSSR count). The molecule has 0 aromatic heterocycles. The van der Waals surface area contributed by atoms with Crippen LogP contribution in [-0.4, -0.2) is 5.78 Å². The van der Waals surface area contributed by atoms with Crippen LogP contribution in [0.3, 0.4) is 0 Å². The van der Waals surface area contributed by atoms with Crippen molar-refractivity contribution in [3.63, 3.8) is 0 Å². The van der Waals surface area contributed by atoms with Crippen LogP contribution in [0.15, 0.2) is 48.6 Å². The molecule has 0 fully saturated rings. The Morgan fingerprint density at radius 1 is 0.341 bits per heavy atom. The number of carbonyl (C=O) groups is 1. The molecule has 41 heavy (non-hydrogen) atoms. The van der Waals surface area contributed by atoms with Crippen molar-refractivity contribution in [3.8, 4) is 0 Å². The Morgan fingerprint density at radius 2 is 0.610 bits per heavy atom. The Kier molecular flexibility index (Phi) is 35.4. The molecule has 1 heteroatoms. The molecular formula is C40H72O. The summed E-state index contributed by atoms with van der Waals surface area (Å²) in [5.74, 6) is 0.484. The van der Waals surface area contributed by atoms with Crippen molar-refractivity contribution in [1.29, 1.82) is 0 Å². The molecule has 0 heterocycles. The van der Waals surface area contributed by atoms with Gasteiger partial charge < -0.3 is 0 Å². The molecule has 0 amide bonds. The van der Waals surface area contributed by atoms with Gasteiger partial charge in [0.15, 0.2) is 0 Å². The van der Waals surface area contributed by atoms with E-state index in [0.717, 1.165) is 57.8 Å². The second kappa shape index (κ2) is 36.7. The normalized spacial score (nSPS) is 12.2. The van der Waals surface area contributed by atoms with E-state index in [4.69, 9.17) is 0 Å². The summed E-state index contributed by atoms with van der Waals surface area (Å²) in [7, 11) is 0. The van der Waals surface area contributed by atoms with Crippen LogP contribution in [0.4, 0.5) is 0 Å². The molecule has 0 saturated heterocycles. The monoisotopic (exact) mass is 569 g/mol. The molecule has 238 valence electrons. The lowest BCUT2D eigenvalue weighted by Gasteiger charge is -2.04. The zero-order valence-electron chi connectivity index (χ0n) is 28.0. The number of rotatable bonds is 33. The van der Waals surface area contributed by atoms with Crippen molar-refractivity contribution in [2.75, 3.05) is 0 Å². The maximum absolute atomic E-state index is 12.1. The van der Waals surface area contributed by atoms with Crippen LogP contribution in [0.5, 0.6) is 0 Å². The summed E-state index contributed by atoms with van der Waals surface area (Å²) in [6.07, 6.45) is 55.0. The summed E-state index contributed by atoms with van der Waals surface area (Å²) in [6.45, 7) is 4.55. The van der Waals surface area contributed by atoms with Gasteiger partial charge in [-0.2, -0.15) is 0 Å². The maximum Gasteiger partial charge on any atom is 0.132 e. The van der Waals surface area contributed by atoms with Crippen molar-refractivity contribution in [3.05, 3.63) is 48.6 Å². The quantitative estimate of drug-likeness (QED) is 0.0568. The fourth-order valence-electron chi connectivity index (χ4n) is 5.32. The summed E-state index contributed by atoms with van der Waals surface area (Å²) in [4.78, 5) is 12.1. The van der Waals surface area contributed by atoms with E-state index in [1.807, 2.05) is 0 Å². The highest BCUT2D eigenvalue weighted by Crippen LogP contribution is 2.15. The Morgan fingerprint density at radius 3 is 1.00 bits per heavy atom. The van der Waals surface area contributed by atoms with Crippen molar-refractivity contribution in [2.24, 2.45) is 0 Å². The van der Waals surface area contributed by atoms with Crippen molar-refractivity contribution >= 4 is 5.78 Å². The summed E-state index contributed by atoms with van der Waals surface area (Å²) >= 11 is 0. The summed E-state index contributed by atoms with van der Waals surface area (Å²) < 4.78 is 0. The van der Waals surface area contributed by atoms with Crippen LogP contribution in [0.2, 0.25) is 0 Å². The highest BCUT2D eigenvalue weighted by molar-refractivity contribution is 5.78. The number of carbonyl (C=O) groups excluding carboxylic acids is 1. The first-order chi connectivity index (χ1) is 20.3. The molecular weight excluding hydrogens is 496 g/mol. The first-order valence-corrected chi connectivity index (χ1v) is 18.4. The number of allylic oxidation sites excluding steroid dienone is 8. The minimum absolute atomic E-state index is 0.484. The maximum atomic E-state index is 12.1. The van der Waals surface area contributed by atoms with E-state index in [-0.39, 0.29) is 0 Å².